The van der Waals surface area contributed by atoms with Gasteiger partial charge in [-0.3, -0.25) is 24.0 Å². The zero-order valence-corrected chi connectivity index (χ0v) is 81.7. The number of ketones is 1. The summed E-state index contributed by atoms with van der Waals surface area (Å²) in [5, 5.41) is 31.8. The number of likely N-dealkylation sites (tertiary alicyclic amines) is 1. The van der Waals surface area contributed by atoms with Crippen LogP contribution in [-0.2, 0) is 88.2 Å². The van der Waals surface area contributed by atoms with E-state index in [1.165, 1.54) is 90.9 Å². The summed E-state index contributed by atoms with van der Waals surface area (Å²) in [6, 6.07) is 34.7. The smallest absolute Gasteiger partial charge is 0.410 e. The van der Waals surface area contributed by atoms with Gasteiger partial charge in [-0.2, -0.15) is 10.5 Å². The number of thiophene rings is 3. The fourth-order valence-electron chi connectivity index (χ4n) is 13.1. The molecule has 0 saturated carbocycles. The molecule has 674 valence electrons. The van der Waals surface area contributed by atoms with E-state index in [1.54, 1.807) is 95.7 Å². The van der Waals surface area contributed by atoms with E-state index in [-0.39, 0.29) is 42.4 Å². The normalized spacial score (nSPS) is 13.1. The predicted octanol–water partition coefficient (Wildman–Crippen LogP) is 21.4. The minimum atomic E-state index is -0.562. The second kappa shape index (κ2) is 45.1. The van der Waals surface area contributed by atoms with Crippen LogP contribution >= 0.6 is 92.0 Å². The van der Waals surface area contributed by atoms with Crippen LogP contribution in [0.2, 0.25) is 0 Å². The van der Waals surface area contributed by atoms with Crippen molar-refractivity contribution in [1.29, 1.82) is 10.5 Å². The number of carbonyl (C=O) groups is 8. The number of amides is 5. The Morgan fingerprint density at radius 3 is 1.26 bits per heavy atom. The zero-order chi connectivity index (χ0) is 93.8. The lowest BCUT2D eigenvalue weighted by molar-refractivity contribution is -0.156. The molecule has 1 fully saturated rings. The number of hydrogen-bond acceptors (Lipinski definition) is 29. The number of nitrogens with two attached hydrogens (primary N) is 2. The number of esters is 2. The summed E-state index contributed by atoms with van der Waals surface area (Å²) in [5.41, 5.74) is 28.1. The molecule has 4 aliphatic heterocycles. The quantitative estimate of drug-likeness (QED) is 0.0171. The molecule has 0 unspecified atom stereocenters. The standard InChI is InChI=1S/C22H25N3O3S2.C20H23N3O2S2.C17H17N3OS2.C10H8N2S.C10H17NO3.C7H9NS.C4H6O3.C3H2N2/c1-12-6-7-16-15(10-12)24-20(29-16)18-14-8-9-25(21(27)28-22(3,4)5)11-17(14)30-19(18)23-13(2)26;1-11-5-6-14-13(9-11)22-18(27-14)16-12-7-8-23(10-15(12)26-17(16)21)19(24)25-20(2,3)4;1-9-3-4-13-12(7-9)20-17(22-13)15-11-5-6-18-8-14(11)23-16(15)19-10(2)21;1-7-2-3-9-8(6-7)12-10(13-9)4-5-11;1-10(2,3)14-9(13)11-6-4-8(12)5-7-11;1-5-2-3-7(9)6(8)4-5;1-3(5)7-4(2)6;1-5-3-2-4/h6-7,10H,8-9,11H2,1-5H3,(H,23,26);5-6,9H,7-8,10,21H2,1-4H3;3-4,7,18H,5-6,8H2,1-2H3,(H,19,21);2-3,6H,4H2,1H3;4-7H2,1-3H3;2-4,9H,8H2,1H3;1-2H3;3H2. The molecule has 27 nitrogen and oxygen atoms in total. The van der Waals surface area contributed by atoms with Crippen LogP contribution in [0.25, 0.3) is 77.4 Å². The van der Waals surface area contributed by atoms with E-state index in [1.807, 2.05) is 100 Å². The number of thiol groups is 1. The second-order valence-electron chi connectivity index (χ2n) is 33.3. The lowest BCUT2D eigenvalue weighted by Gasteiger charge is -2.30. The van der Waals surface area contributed by atoms with Gasteiger partial charge in [-0.25, -0.2) is 40.9 Å². The highest BCUT2D eigenvalue weighted by Gasteiger charge is 2.34. The van der Waals surface area contributed by atoms with Crippen molar-refractivity contribution >= 4 is 201 Å². The molecular weight excluding hydrogens is 1780 g/mol. The van der Waals surface area contributed by atoms with Gasteiger partial charge in [0, 0.05) is 115 Å². The van der Waals surface area contributed by atoms with E-state index in [9.17, 15) is 38.4 Å². The molecule has 0 aliphatic carbocycles. The molecule has 128 heavy (non-hydrogen) atoms. The number of nitrogen functional groups attached to an aromatic ring is 2. The van der Waals surface area contributed by atoms with E-state index in [0.29, 0.717) is 65.0 Å². The van der Waals surface area contributed by atoms with Crippen molar-refractivity contribution in [2.45, 2.75) is 204 Å². The number of aryl methyl sites for hydroxylation is 5. The number of carbonyl (C=O) groups excluding carboxylic acids is 8. The summed E-state index contributed by atoms with van der Waals surface area (Å²) in [4.78, 5) is 122. The maximum Gasteiger partial charge on any atom is 0.410 e. The maximum absolute atomic E-state index is 12.5. The minimum Gasteiger partial charge on any atom is -0.444 e. The van der Waals surface area contributed by atoms with Gasteiger partial charge in [0.25, 0.3) is 6.54 Å². The van der Waals surface area contributed by atoms with Gasteiger partial charge in [0.2, 0.25) is 11.8 Å². The largest absolute Gasteiger partial charge is 0.444 e. The van der Waals surface area contributed by atoms with Crippen LogP contribution in [0.3, 0.4) is 0 Å². The molecule has 4 aliphatic rings. The Kier molecular flexibility index (Phi) is 35.4. The third-order valence-corrected chi connectivity index (χ3v) is 26.6. The number of rotatable bonds is 6. The molecule has 35 heteroatoms. The van der Waals surface area contributed by atoms with Crippen molar-refractivity contribution in [1.82, 2.24) is 40.0 Å². The van der Waals surface area contributed by atoms with Crippen LogP contribution in [0, 0.1) is 63.9 Å². The number of hydrogen-bond donors (Lipinski definition) is 6. The number of nitrogens with one attached hydrogen (secondary N) is 3. The Balaban J connectivity index is 0.000000175. The number of aromatic nitrogens is 4. The lowest BCUT2D eigenvalue weighted by atomic mass is 10.0. The van der Waals surface area contributed by atoms with Crippen LogP contribution in [0.5, 0.6) is 0 Å². The van der Waals surface area contributed by atoms with Crippen molar-refractivity contribution in [3.05, 3.63) is 167 Å². The number of anilines is 4. The fraction of sp³-hybridized carbons (Fsp3) is 0.387. The molecule has 5 amide bonds. The minimum absolute atomic E-state index is 0.0139. The van der Waals surface area contributed by atoms with Gasteiger partial charge in [0.05, 0.1) is 71.4 Å². The Hall–Kier alpha value is -11.3. The molecule has 0 spiro atoms. The third-order valence-electron chi connectivity index (χ3n) is 18.6. The summed E-state index contributed by atoms with van der Waals surface area (Å²) in [6.45, 7) is 43.5. The summed E-state index contributed by atoms with van der Waals surface area (Å²) in [6.07, 6.45) is 2.90. The van der Waals surface area contributed by atoms with Crippen molar-refractivity contribution in [2.24, 2.45) is 0 Å². The van der Waals surface area contributed by atoms with E-state index >= 15 is 0 Å². The van der Waals surface area contributed by atoms with E-state index in [2.05, 4.69) is 137 Å². The molecule has 16 rings (SSSR count). The topological polar surface area (TPSA) is 375 Å². The molecule has 0 bridgehead atoms. The molecule has 7 N–H and O–H groups in total. The highest BCUT2D eigenvalue weighted by Crippen LogP contribution is 2.49. The van der Waals surface area contributed by atoms with Crippen LogP contribution in [-0.4, -0.2) is 139 Å². The average Bonchev–Trinajstić information content (AvgIpc) is 1.53. The van der Waals surface area contributed by atoms with E-state index in [0.717, 1.165) is 129 Å². The fourth-order valence-corrected chi connectivity index (χ4v) is 21.2. The van der Waals surface area contributed by atoms with Gasteiger partial charge in [-0.05, 0) is 228 Å². The van der Waals surface area contributed by atoms with Crippen LogP contribution < -0.4 is 27.4 Å². The van der Waals surface area contributed by atoms with E-state index < -0.39 is 28.7 Å². The maximum atomic E-state index is 12.5. The van der Waals surface area contributed by atoms with Gasteiger partial charge >= 0.3 is 30.2 Å². The van der Waals surface area contributed by atoms with Crippen LogP contribution in [0.4, 0.5) is 35.1 Å². The Morgan fingerprint density at radius 2 is 0.875 bits per heavy atom. The van der Waals surface area contributed by atoms with Gasteiger partial charge in [0.1, 0.15) is 58.7 Å². The molecule has 0 radical (unpaired) electrons. The van der Waals surface area contributed by atoms with Crippen molar-refractivity contribution in [3.63, 3.8) is 0 Å². The molecular formula is C93H107N15O12S8. The van der Waals surface area contributed by atoms with Gasteiger partial charge in [-0.1, -0.05) is 30.3 Å². The molecule has 12 aromatic rings. The third kappa shape index (κ3) is 29.4. The molecule has 0 atom stereocenters. The SMILES string of the molecule is CC(=O)Nc1sc2c(c1-c1nc3cc(C)ccc3s1)CCN(C(=O)OC(C)(C)C)C2.CC(=O)Nc1sc2c(c1-c1nc3cc(C)ccc3s1)CCNC2.CC(=O)OC(C)=O.CC(C)(C)OC(=O)N1CCC(=O)CC1.Cc1ccc(S)c(N)c1.Cc1ccc2sc(-c3c(N)sc4c3CCN(C(=O)OC(C)(C)C)C4)nc2c1.Cc1ccc2sc(CC#N)nc2c1.[C-]#[N+]CC#N. The van der Waals surface area contributed by atoms with Crippen LogP contribution in [0.1, 0.15) is 167 Å². The second-order valence-corrected chi connectivity index (χ2v) is 41.3. The highest BCUT2D eigenvalue weighted by molar-refractivity contribution is 7.80. The zero-order valence-electron chi connectivity index (χ0n) is 75.1. The number of thiazole rings is 4. The summed E-state index contributed by atoms with van der Waals surface area (Å²) in [5.74, 6) is -1.05. The van der Waals surface area contributed by atoms with Crippen molar-refractivity contribution < 1.29 is 57.3 Å². The van der Waals surface area contributed by atoms with Crippen molar-refractivity contribution in [2.75, 3.05) is 61.4 Å². The van der Waals surface area contributed by atoms with E-state index in [4.69, 9.17) is 57.7 Å². The Morgan fingerprint density at radius 1 is 0.500 bits per heavy atom. The summed E-state index contributed by atoms with van der Waals surface area (Å²) >= 11 is 15.5. The first kappa shape index (κ1) is 100. The van der Waals surface area contributed by atoms with Gasteiger partial charge in [0.15, 0.2) is 0 Å². The number of nitriles is 2. The number of Topliss-reactive ketones (excluding diaryl/α,β-unsaturated/α-hetero) is 1. The van der Waals surface area contributed by atoms with Crippen LogP contribution in [0.15, 0.2) is 95.9 Å². The Labute approximate surface area is 779 Å². The molecule has 11 heterocycles. The number of benzene rings is 5. The molecule has 7 aromatic heterocycles. The average molecular weight is 1880 g/mol. The first-order valence-corrected chi connectivity index (χ1v) is 47.2. The first-order chi connectivity index (χ1) is 60.3. The number of ether oxygens (including phenoxy) is 4. The summed E-state index contributed by atoms with van der Waals surface area (Å²) in [7, 11) is 0. The Bertz CT molecular complexity index is 6170. The molecule has 5 aromatic carbocycles. The predicted molar refractivity (Wildman–Crippen MR) is 520 cm³/mol. The lowest BCUT2D eigenvalue weighted by Crippen LogP contribution is -2.41. The molecule has 1 saturated heterocycles. The number of piperidine rings is 1. The summed E-state index contributed by atoms with van der Waals surface area (Å²) < 4.78 is 24.9. The van der Waals surface area contributed by atoms with Gasteiger partial charge in [-0.15, -0.1) is 92.0 Å². The number of nitrogens with zero attached hydrogens (tertiary/aromatic N) is 10. The van der Waals surface area contributed by atoms with Crippen molar-refractivity contribution in [3.8, 4) is 43.9 Å². The monoisotopic (exact) mass is 1880 g/mol. The highest BCUT2D eigenvalue weighted by atomic mass is 32.1. The first-order valence-electron chi connectivity index (χ1n) is 41.1. The van der Waals surface area contributed by atoms with Gasteiger partial charge < -0.3 is 65.9 Å². The number of fused-ring (bicyclic) bond motifs is 7.